The van der Waals surface area contributed by atoms with E-state index in [2.05, 4.69) is 26.6 Å². The number of hydrogen-bond acceptors (Lipinski definition) is 5. The lowest BCUT2D eigenvalue weighted by atomic mass is 10.1. The van der Waals surface area contributed by atoms with Crippen molar-refractivity contribution < 1.29 is 9.21 Å². The van der Waals surface area contributed by atoms with Crippen LogP contribution in [-0.2, 0) is 11.3 Å². The van der Waals surface area contributed by atoms with Crippen LogP contribution in [0.5, 0.6) is 0 Å². The summed E-state index contributed by atoms with van der Waals surface area (Å²) < 4.78 is 5.55. The molecule has 23 heavy (non-hydrogen) atoms. The van der Waals surface area contributed by atoms with Crippen LogP contribution >= 0.6 is 0 Å². The maximum atomic E-state index is 12.6. The van der Waals surface area contributed by atoms with Crippen molar-refractivity contribution in [1.82, 2.24) is 19.7 Å². The number of aromatic nitrogens is 1. The molecule has 2 saturated heterocycles. The van der Waals surface area contributed by atoms with Gasteiger partial charge in [-0.05, 0) is 33.1 Å². The lowest BCUT2D eigenvalue weighted by Crippen LogP contribution is -2.54. The number of amides is 1. The Hall–Kier alpha value is -1.40. The first-order valence-corrected chi connectivity index (χ1v) is 8.80. The number of rotatable bonds is 4. The van der Waals surface area contributed by atoms with E-state index >= 15 is 0 Å². The van der Waals surface area contributed by atoms with Crippen molar-refractivity contribution in [2.75, 3.05) is 39.3 Å². The number of piperazine rings is 1. The van der Waals surface area contributed by atoms with Crippen molar-refractivity contribution in [3.63, 3.8) is 0 Å². The van der Waals surface area contributed by atoms with E-state index < -0.39 is 0 Å². The zero-order chi connectivity index (χ0) is 16.2. The summed E-state index contributed by atoms with van der Waals surface area (Å²) in [6.07, 6.45) is 5.34. The monoisotopic (exact) mass is 320 g/mol. The first-order valence-electron chi connectivity index (χ1n) is 8.80. The summed E-state index contributed by atoms with van der Waals surface area (Å²) in [5.74, 6) is 1.95. The quantitative estimate of drug-likeness (QED) is 0.841. The average molecular weight is 320 g/mol. The predicted molar refractivity (Wildman–Crippen MR) is 88.0 cm³/mol. The summed E-state index contributed by atoms with van der Waals surface area (Å²) in [4.78, 5) is 23.6. The summed E-state index contributed by atoms with van der Waals surface area (Å²) in [7, 11) is 0. The average Bonchev–Trinajstić information content (AvgIpc) is 3.00. The normalized spacial score (nSPS) is 22.3. The van der Waals surface area contributed by atoms with Crippen LogP contribution in [-0.4, -0.2) is 70.9 Å². The van der Waals surface area contributed by atoms with E-state index in [1.165, 1.54) is 6.42 Å². The fraction of sp³-hybridized carbons (Fsp3) is 0.765. The van der Waals surface area contributed by atoms with E-state index in [-0.39, 0.29) is 6.04 Å². The molecule has 1 aromatic rings. The molecule has 0 spiro atoms. The van der Waals surface area contributed by atoms with E-state index in [1.807, 2.05) is 6.92 Å². The molecule has 0 N–H and O–H groups in total. The Morgan fingerprint density at radius 1 is 1.17 bits per heavy atom. The summed E-state index contributed by atoms with van der Waals surface area (Å²) in [5, 5.41) is 0. The molecule has 0 unspecified atom stereocenters. The number of carbonyl (C=O) groups is 1. The lowest BCUT2D eigenvalue weighted by molar-refractivity contribution is -0.138. The molecule has 6 nitrogen and oxygen atoms in total. The van der Waals surface area contributed by atoms with Gasteiger partial charge in [-0.25, -0.2) is 4.98 Å². The van der Waals surface area contributed by atoms with E-state index in [1.54, 1.807) is 6.20 Å². The van der Waals surface area contributed by atoms with Crippen LogP contribution in [0.15, 0.2) is 10.6 Å². The molecule has 2 aliphatic heterocycles. The highest BCUT2D eigenvalue weighted by molar-refractivity contribution is 5.81. The third kappa shape index (κ3) is 4.12. The Morgan fingerprint density at radius 2 is 1.87 bits per heavy atom. The SMILES string of the molecule is Cc1cnc(CN2CCN([C@@H](C)C(=O)N3CCCCC3)CC2)o1. The molecular weight excluding hydrogens is 292 g/mol. The first-order chi connectivity index (χ1) is 11.1. The number of piperidine rings is 1. The van der Waals surface area contributed by atoms with Gasteiger partial charge in [0.15, 0.2) is 0 Å². The molecular formula is C17H28N4O2. The zero-order valence-corrected chi connectivity index (χ0v) is 14.3. The standard InChI is InChI=1S/C17H28N4O2/c1-14-12-18-16(23-14)13-19-8-10-20(11-9-19)15(2)17(22)21-6-4-3-5-7-21/h12,15H,3-11,13H2,1-2H3/t15-/m0/s1. The fourth-order valence-electron chi connectivity index (χ4n) is 3.51. The maximum Gasteiger partial charge on any atom is 0.239 e. The van der Waals surface area contributed by atoms with Gasteiger partial charge in [-0.3, -0.25) is 14.6 Å². The van der Waals surface area contributed by atoms with Gasteiger partial charge in [0.25, 0.3) is 0 Å². The zero-order valence-electron chi connectivity index (χ0n) is 14.3. The molecule has 3 rings (SSSR count). The van der Waals surface area contributed by atoms with Crippen molar-refractivity contribution in [2.45, 2.75) is 45.7 Å². The van der Waals surface area contributed by atoms with Crippen LogP contribution in [0.4, 0.5) is 0 Å². The highest BCUT2D eigenvalue weighted by atomic mass is 16.4. The molecule has 3 heterocycles. The van der Waals surface area contributed by atoms with Crippen LogP contribution in [0.1, 0.15) is 37.8 Å². The number of oxazole rings is 1. The van der Waals surface area contributed by atoms with Crippen LogP contribution in [0.2, 0.25) is 0 Å². The van der Waals surface area contributed by atoms with Gasteiger partial charge in [-0.2, -0.15) is 0 Å². The van der Waals surface area contributed by atoms with Gasteiger partial charge in [-0.15, -0.1) is 0 Å². The Labute approximate surface area is 138 Å². The predicted octanol–water partition coefficient (Wildman–Crippen LogP) is 1.50. The minimum absolute atomic E-state index is 0.000711. The second-order valence-corrected chi connectivity index (χ2v) is 6.74. The van der Waals surface area contributed by atoms with Gasteiger partial charge in [0.05, 0.1) is 18.8 Å². The highest BCUT2D eigenvalue weighted by Crippen LogP contribution is 2.15. The van der Waals surface area contributed by atoms with Crippen LogP contribution in [0.3, 0.4) is 0 Å². The van der Waals surface area contributed by atoms with Crippen LogP contribution in [0.25, 0.3) is 0 Å². The molecule has 0 saturated carbocycles. The largest absolute Gasteiger partial charge is 0.445 e. The molecule has 128 valence electrons. The van der Waals surface area contributed by atoms with Crippen molar-refractivity contribution in [3.8, 4) is 0 Å². The molecule has 1 amide bonds. The van der Waals surface area contributed by atoms with E-state index in [0.717, 1.165) is 70.3 Å². The second kappa shape index (κ2) is 7.45. The lowest BCUT2D eigenvalue weighted by Gasteiger charge is -2.39. The molecule has 1 aromatic heterocycles. The van der Waals surface area contributed by atoms with Gasteiger partial charge in [0.1, 0.15) is 5.76 Å². The van der Waals surface area contributed by atoms with E-state index in [4.69, 9.17) is 4.42 Å². The molecule has 0 radical (unpaired) electrons. The molecule has 2 fully saturated rings. The number of hydrogen-bond donors (Lipinski definition) is 0. The maximum absolute atomic E-state index is 12.6. The van der Waals surface area contributed by atoms with Crippen LogP contribution < -0.4 is 0 Å². The minimum Gasteiger partial charge on any atom is -0.445 e. The van der Waals surface area contributed by atoms with Gasteiger partial charge >= 0.3 is 0 Å². The molecule has 0 bridgehead atoms. The molecule has 2 aliphatic rings. The Kier molecular flexibility index (Phi) is 5.33. The third-order valence-electron chi connectivity index (χ3n) is 5.01. The minimum atomic E-state index is -0.000711. The van der Waals surface area contributed by atoms with Gasteiger partial charge in [0, 0.05) is 39.3 Å². The molecule has 0 aliphatic carbocycles. The molecule has 0 aromatic carbocycles. The Morgan fingerprint density at radius 3 is 2.48 bits per heavy atom. The highest BCUT2D eigenvalue weighted by Gasteiger charge is 2.29. The second-order valence-electron chi connectivity index (χ2n) is 6.74. The molecule has 6 heteroatoms. The van der Waals surface area contributed by atoms with E-state index in [0.29, 0.717) is 5.91 Å². The van der Waals surface area contributed by atoms with Crippen LogP contribution in [0, 0.1) is 6.92 Å². The molecule has 1 atom stereocenters. The number of nitrogens with zero attached hydrogens (tertiary/aromatic N) is 4. The number of carbonyl (C=O) groups excluding carboxylic acids is 1. The van der Waals surface area contributed by atoms with Gasteiger partial charge in [-0.1, -0.05) is 0 Å². The van der Waals surface area contributed by atoms with Crippen molar-refractivity contribution in [1.29, 1.82) is 0 Å². The number of aryl methyl sites for hydroxylation is 1. The van der Waals surface area contributed by atoms with Crippen molar-refractivity contribution in [2.24, 2.45) is 0 Å². The number of likely N-dealkylation sites (tertiary alicyclic amines) is 1. The van der Waals surface area contributed by atoms with E-state index in [9.17, 15) is 4.79 Å². The Bertz CT molecular complexity index is 516. The van der Waals surface area contributed by atoms with Gasteiger partial charge in [0.2, 0.25) is 11.8 Å². The van der Waals surface area contributed by atoms with Crippen molar-refractivity contribution >= 4 is 5.91 Å². The summed E-state index contributed by atoms with van der Waals surface area (Å²) in [5.41, 5.74) is 0. The smallest absolute Gasteiger partial charge is 0.239 e. The van der Waals surface area contributed by atoms with Gasteiger partial charge < -0.3 is 9.32 Å². The summed E-state index contributed by atoms with van der Waals surface area (Å²) >= 11 is 0. The topological polar surface area (TPSA) is 52.8 Å². The Balaban J connectivity index is 1.46. The van der Waals surface area contributed by atoms with Crippen molar-refractivity contribution in [3.05, 3.63) is 17.8 Å². The summed E-state index contributed by atoms with van der Waals surface area (Å²) in [6.45, 7) is 10.4. The fourth-order valence-corrected chi connectivity index (χ4v) is 3.51. The summed E-state index contributed by atoms with van der Waals surface area (Å²) in [6, 6.07) is -0.000711. The third-order valence-corrected chi connectivity index (χ3v) is 5.01. The first kappa shape index (κ1) is 16.5.